The van der Waals surface area contributed by atoms with Crippen molar-refractivity contribution in [3.05, 3.63) is 17.3 Å². The number of rotatable bonds is 3. The molecule has 138 valence electrons. The summed E-state index contributed by atoms with van der Waals surface area (Å²) in [6.45, 7) is 2.65. The number of carbonyl (C=O) groups excluding carboxylic acids is 2. The van der Waals surface area contributed by atoms with E-state index in [-0.39, 0.29) is 37.0 Å². The Hall–Kier alpha value is -2.06. The quantitative estimate of drug-likeness (QED) is 0.900. The highest BCUT2D eigenvalue weighted by Crippen LogP contribution is 2.40. The fraction of sp³-hybridized carbons (Fsp3) is 0.688. The smallest absolute Gasteiger partial charge is 0.408 e. The van der Waals surface area contributed by atoms with Crippen LogP contribution >= 0.6 is 0 Å². The number of nitrogens with one attached hydrogen (secondary N) is 1. The minimum Gasteiger partial charge on any atom is -0.435 e. The molecule has 1 aliphatic heterocycles. The van der Waals surface area contributed by atoms with Crippen molar-refractivity contribution in [2.24, 2.45) is 0 Å². The van der Waals surface area contributed by atoms with Gasteiger partial charge in [0.1, 0.15) is 6.04 Å². The molecule has 2 aliphatic rings. The van der Waals surface area contributed by atoms with Crippen LogP contribution in [0.4, 0.5) is 13.2 Å². The van der Waals surface area contributed by atoms with Gasteiger partial charge in [-0.25, -0.2) is 4.98 Å². The van der Waals surface area contributed by atoms with E-state index < -0.39 is 24.2 Å². The Morgan fingerprint density at radius 1 is 1.24 bits per heavy atom. The number of nitrogens with zero attached hydrogens (tertiary/aromatic N) is 2. The molecule has 2 amide bonds. The number of oxazole rings is 1. The van der Waals surface area contributed by atoms with Gasteiger partial charge in [-0.15, -0.1) is 0 Å². The summed E-state index contributed by atoms with van der Waals surface area (Å²) >= 11 is 0. The molecule has 6 nitrogen and oxygen atoms in total. The zero-order valence-electron chi connectivity index (χ0n) is 14.0. The predicted octanol–water partition coefficient (Wildman–Crippen LogP) is 2.53. The SMILES string of the molecule is CC(=O)N[C@H]1CC[C@H](C(F)(F)F)N(C(=O)c2oc(C3CC3)nc2C)C1. The second-order valence-electron chi connectivity index (χ2n) is 6.73. The van der Waals surface area contributed by atoms with Crippen molar-refractivity contribution in [3.8, 4) is 0 Å². The van der Waals surface area contributed by atoms with Gasteiger partial charge in [0.05, 0.1) is 5.69 Å². The Kier molecular flexibility index (Phi) is 4.51. The molecule has 9 heteroatoms. The first kappa shape index (κ1) is 17.8. The van der Waals surface area contributed by atoms with Crippen LogP contribution in [0.3, 0.4) is 0 Å². The van der Waals surface area contributed by atoms with Crippen LogP contribution in [0.25, 0.3) is 0 Å². The van der Waals surface area contributed by atoms with Crippen LogP contribution in [0.1, 0.15) is 60.7 Å². The number of amides is 2. The van der Waals surface area contributed by atoms with Crippen molar-refractivity contribution in [1.29, 1.82) is 0 Å². The van der Waals surface area contributed by atoms with Gasteiger partial charge in [-0.05, 0) is 32.6 Å². The minimum atomic E-state index is -4.54. The summed E-state index contributed by atoms with van der Waals surface area (Å²) in [5, 5.41) is 2.59. The van der Waals surface area contributed by atoms with E-state index in [9.17, 15) is 22.8 Å². The first-order valence-corrected chi connectivity index (χ1v) is 8.29. The zero-order valence-corrected chi connectivity index (χ0v) is 14.0. The van der Waals surface area contributed by atoms with Crippen molar-refractivity contribution in [3.63, 3.8) is 0 Å². The van der Waals surface area contributed by atoms with Gasteiger partial charge < -0.3 is 14.6 Å². The maximum absolute atomic E-state index is 13.4. The average molecular weight is 359 g/mol. The molecule has 2 atom stereocenters. The highest BCUT2D eigenvalue weighted by atomic mass is 19.4. The maximum atomic E-state index is 13.4. The number of carbonyl (C=O) groups is 2. The molecule has 1 aromatic heterocycles. The molecule has 1 aliphatic carbocycles. The molecule has 0 radical (unpaired) electrons. The van der Waals surface area contributed by atoms with Gasteiger partial charge in [-0.2, -0.15) is 13.2 Å². The first-order valence-electron chi connectivity index (χ1n) is 8.29. The summed E-state index contributed by atoms with van der Waals surface area (Å²) in [5.74, 6) is -0.726. The van der Waals surface area contributed by atoms with Crippen molar-refractivity contribution in [1.82, 2.24) is 15.2 Å². The number of aromatic nitrogens is 1. The zero-order chi connectivity index (χ0) is 18.4. The Morgan fingerprint density at radius 2 is 1.92 bits per heavy atom. The monoisotopic (exact) mass is 359 g/mol. The number of hydrogen-bond acceptors (Lipinski definition) is 4. The lowest BCUT2D eigenvalue weighted by atomic mass is 9.97. The Bertz CT molecular complexity index is 682. The van der Waals surface area contributed by atoms with E-state index in [0.717, 1.165) is 17.7 Å². The standard InChI is InChI=1S/C16H20F3N3O3/c1-8-13(25-14(20-8)10-3-4-10)15(24)22-7-11(21-9(2)23)5-6-12(22)16(17,18)19/h10-12H,3-7H2,1-2H3,(H,21,23)/t11-,12+/m0/s1. The van der Waals surface area contributed by atoms with Crippen LogP contribution in [-0.2, 0) is 4.79 Å². The topological polar surface area (TPSA) is 75.4 Å². The number of piperidine rings is 1. The van der Waals surface area contributed by atoms with Gasteiger partial charge in [0, 0.05) is 25.4 Å². The molecule has 25 heavy (non-hydrogen) atoms. The summed E-state index contributed by atoms with van der Waals surface area (Å²) in [4.78, 5) is 28.9. The molecule has 1 aromatic rings. The second-order valence-corrected chi connectivity index (χ2v) is 6.73. The molecule has 2 fully saturated rings. The normalized spacial score (nSPS) is 24.3. The van der Waals surface area contributed by atoms with Crippen molar-refractivity contribution >= 4 is 11.8 Å². The lowest BCUT2D eigenvalue weighted by molar-refractivity contribution is -0.184. The highest BCUT2D eigenvalue weighted by molar-refractivity contribution is 5.93. The maximum Gasteiger partial charge on any atom is 0.408 e. The summed E-state index contributed by atoms with van der Waals surface area (Å²) in [6.07, 6.45) is -2.82. The van der Waals surface area contributed by atoms with Gasteiger partial charge in [0.25, 0.3) is 5.91 Å². The van der Waals surface area contributed by atoms with Gasteiger partial charge in [0.15, 0.2) is 5.89 Å². The number of aryl methyl sites for hydroxylation is 1. The van der Waals surface area contributed by atoms with E-state index >= 15 is 0 Å². The van der Waals surface area contributed by atoms with E-state index in [0.29, 0.717) is 11.6 Å². The van der Waals surface area contributed by atoms with E-state index in [2.05, 4.69) is 10.3 Å². The highest BCUT2D eigenvalue weighted by Gasteiger charge is 2.49. The molecular formula is C16H20F3N3O3. The lowest BCUT2D eigenvalue weighted by Crippen LogP contribution is -2.58. The van der Waals surface area contributed by atoms with Crippen molar-refractivity contribution < 1.29 is 27.2 Å². The fourth-order valence-electron chi connectivity index (χ4n) is 3.19. The second kappa shape index (κ2) is 6.34. The minimum absolute atomic E-state index is 0.139. The molecule has 3 rings (SSSR count). The summed E-state index contributed by atoms with van der Waals surface area (Å²) in [6, 6.07) is -2.40. The third-order valence-electron chi connectivity index (χ3n) is 4.56. The molecule has 2 heterocycles. The van der Waals surface area contributed by atoms with Crippen molar-refractivity contribution in [2.45, 2.75) is 63.7 Å². The van der Waals surface area contributed by atoms with Crippen LogP contribution in [0.5, 0.6) is 0 Å². The van der Waals surface area contributed by atoms with Gasteiger partial charge in [-0.3, -0.25) is 9.59 Å². The van der Waals surface area contributed by atoms with Crippen LogP contribution in [-0.4, -0.2) is 46.5 Å². The van der Waals surface area contributed by atoms with Crippen LogP contribution < -0.4 is 5.32 Å². The lowest BCUT2D eigenvalue weighted by Gasteiger charge is -2.40. The van der Waals surface area contributed by atoms with E-state index in [1.165, 1.54) is 6.92 Å². The third-order valence-corrected chi connectivity index (χ3v) is 4.56. The third kappa shape index (κ3) is 3.80. The van der Waals surface area contributed by atoms with Gasteiger partial charge >= 0.3 is 6.18 Å². The molecule has 0 aromatic carbocycles. The summed E-state index contributed by atoms with van der Waals surface area (Å²) < 4.78 is 45.6. The van der Waals surface area contributed by atoms with E-state index in [4.69, 9.17) is 4.42 Å². The van der Waals surface area contributed by atoms with Crippen LogP contribution in [0.15, 0.2) is 4.42 Å². The molecule has 0 unspecified atom stereocenters. The Balaban J connectivity index is 1.85. The summed E-state index contributed by atoms with van der Waals surface area (Å²) in [5.41, 5.74) is 0.300. The largest absolute Gasteiger partial charge is 0.435 e. The molecule has 0 spiro atoms. The Labute approximate surface area is 142 Å². The average Bonchev–Trinajstić information content (AvgIpc) is 3.28. The van der Waals surface area contributed by atoms with E-state index in [1.807, 2.05) is 0 Å². The first-order chi connectivity index (χ1) is 11.7. The molecule has 1 saturated carbocycles. The summed E-state index contributed by atoms with van der Waals surface area (Å²) in [7, 11) is 0. The fourth-order valence-corrected chi connectivity index (χ4v) is 3.19. The predicted molar refractivity (Wildman–Crippen MR) is 80.9 cm³/mol. The number of likely N-dealkylation sites (tertiary alicyclic amines) is 1. The number of halogens is 3. The van der Waals surface area contributed by atoms with Crippen molar-refractivity contribution in [2.75, 3.05) is 6.54 Å². The number of alkyl halides is 3. The number of hydrogen-bond donors (Lipinski definition) is 1. The van der Waals surface area contributed by atoms with Gasteiger partial charge in [-0.1, -0.05) is 0 Å². The Morgan fingerprint density at radius 3 is 2.48 bits per heavy atom. The molecule has 1 N–H and O–H groups in total. The molecule has 1 saturated heterocycles. The van der Waals surface area contributed by atoms with Crippen LogP contribution in [0, 0.1) is 6.92 Å². The molecular weight excluding hydrogens is 339 g/mol. The van der Waals surface area contributed by atoms with Gasteiger partial charge in [0.2, 0.25) is 11.7 Å². The van der Waals surface area contributed by atoms with Crippen LogP contribution in [0.2, 0.25) is 0 Å². The van der Waals surface area contributed by atoms with E-state index in [1.54, 1.807) is 6.92 Å². The molecule has 0 bridgehead atoms.